The highest BCUT2D eigenvalue weighted by atomic mass is 32.2. The fourth-order valence-electron chi connectivity index (χ4n) is 2.36. The number of nitrogens with one attached hydrogen (secondary N) is 1. The Morgan fingerprint density at radius 3 is 2.81 bits per heavy atom. The lowest BCUT2D eigenvalue weighted by Gasteiger charge is -2.13. The van der Waals surface area contributed by atoms with Gasteiger partial charge in [-0.2, -0.15) is 4.68 Å². The number of nitrogens with zero attached hydrogens (tertiary/aromatic N) is 4. The van der Waals surface area contributed by atoms with Gasteiger partial charge in [-0.3, -0.25) is 4.79 Å². The highest BCUT2D eigenvalue weighted by molar-refractivity contribution is 8.00. The number of hydrogen-bond acceptors (Lipinski definition) is 6. The van der Waals surface area contributed by atoms with Crippen LogP contribution in [0.4, 0.5) is 5.69 Å². The standard InChI is InChI=1S/C18H19N5O2S/c1-12-7-4-5-10-16(12)23-18(20-21-22-23)26-13(2)17(24)19-14-8-6-9-15(11-14)25-3/h4-11,13H,1-3H3,(H,19,24)/t13-/m1/s1. The number of carbonyl (C=O) groups excluding carboxylic acids is 1. The third kappa shape index (κ3) is 4.02. The maximum absolute atomic E-state index is 12.5. The molecular weight excluding hydrogens is 350 g/mol. The Bertz CT molecular complexity index is 912. The molecule has 26 heavy (non-hydrogen) atoms. The average molecular weight is 369 g/mol. The van der Waals surface area contributed by atoms with Gasteiger partial charge in [0.05, 0.1) is 18.0 Å². The van der Waals surface area contributed by atoms with Crippen molar-refractivity contribution in [3.05, 3.63) is 54.1 Å². The summed E-state index contributed by atoms with van der Waals surface area (Å²) in [4.78, 5) is 12.5. The van der Waals surface area contributed by atoms with Gasteiger partial charge in [-0.15, -0.1) is 5.10 Å². The monoisotopic (exact) mass is 369 g/mol. The third-order valence-corrected chi connectivity index (χ3v) is 4.81. The number of aromatic nitrogens is 4. The van der Waals surface area contributed by atoms with E-state index in [0.29, 0.717) is 16.6 Å². The lowest BCUT2D eigenvalue weighted by Crippen LogP contribution is -2.23. The SMILES string of the molecule is COc1cccc(NC(=O)[C@@H](C)Sc2nnnn2-c2ccccc2C)c1. The number of anilines is 1. The lowest BCUT2D eigenvalue weighted by atomic mass is 10.2. The van der Waals surface area contributed by atoms with Gasteiger partial charge in [0, 0.05) is 11.8 Å². The van der Waals surface area contributed by atoms with Gasteiger partial charge < -0.3 is 10.1 Å². The number of para-hydroxylation sites is 1. The van der Waals surface area contributed by atoms with E-state index in [1.165, 1.54) is 11.8 Å². The quantitative estimate of drug-likeness (QED) is 0.673. The van der Waals surface area contributed by atoms with Gasteiger partial charge in [-0.25, -0.2) is 0 Å². The number of thioether (sulfide) groups is 1. The zero-order valence-electron chi connectivity index (χ0n) is 14.7. The van der Waals surface area contributed by atoms with Gasteiger partial charge >= 0.3 is 0 Å². The molecule has 0 fully saturated rings. The molecule has 0 aliphatic heterocycles. The molecule has 0 unspecified atom stereocenters. The van der Waals surface area contributed by atoms with Crippen LogP contribution in [0, 0.1) is 6.92 Å². The molecule has 0 aliphatic rings. The van der Waals surface area contributed by atoms with E-state index in [2.05, 4.69) is 20.8 Å². The first-order valence-electron chi connectivity index (χ1n) is 8.04. The summed E-state index contributed by atoms with van der Waals surface area (Å²) in [6.45, 7) is 3.81. The Labute approximate surface area is 155 Å². The summed E-state index contributed by atoms with van der Waals surface area (Å²) in [5.74, 6) is 0.550. The Hall–Kier alpha value is -2.87. The van der Waals surface area contributed by atoms with Crippen LogP contribution < -0.4 is 10.1 Å². The summed E-state index contributed by atoms with van der Waals surface area (Å²) in [6.07, 6.45) is 0. The molecule has 0 spiro atoms. The normalized spacial score (nSPS) is 11.8. The zero-order chi connectivity index (χ0) is 18.5. The van der Waals surface area contributed by atoms with Crippen molar-refractivity contribution in [2.45, 2.75) is 24.3 Å². The van der Waals surface area contributed by atoms with Crippen LogP contribution in [-0.2, 0) is 4.79 Å². The van der Waals surface area contributed by atoms with Crippen molar-refractivity contribution >= 4 is 23.4 Å². The van der Waals surface area contributed by atoms with Crippen molar-refractivity contribution in [3.63, 3.8) is 0 Å². The first-order chi connectivity index (χ1) is 12.6. The number of aryl methyl sites for hydroxylation is 1. The van der Waals surface area contributed by atoms with Crippen LogP contribution in [0.3, 0.4) is 0 Å². The van der Waals surface area contributed by atoms with Crippen LogP contribution in [0.2, 0.25) is 0 Å². The van der Waals surface area contributed by atoms with E-state index in [-0.39, 0.29) is 11.2 Å². The summed E-state index contributed by atoms with van der Waals surface area (Å²) in [7, 11) is 1.59. The Morgan fingerprint density at radius 2 is 2.04 bits per heavy atom. The molecular formula is C18H19N5O2S. The van der Waals surface area contributed by atoms with E-state index in [0.717, 1.165) is 11.3 Å². The number of hydrogen-bond donors (Lipinski definition) is 1. The van der Waals surface area contributed by atoms with Gasteiger partial charge in [-0.05, 0) is 48.0 Å². The number of benzene rings is 2. The minimum Gasteiger partial charge on any atom is -0.497 e. The van der Waals surface area contributed by atoms with E-state index < -0.39 is 0 Å². The van der Waals surface area contributed by atoms with Crippen LogP contribution in [0.1, 0.15) is 12.5 Å². The minimum atomic E-state index is -0.380. The molecule has 0 aliphatic carbocycles. The van der Waals surface area contributed by atoms with Crippen LogP contribution in [0.5, 0.6) is 5.75 Å². The molecule has 3 rings (SSSR count). The molecule has 1 aromatic heterocycles. The number of carbonyl (C=O) groups is 1. The molecule has 1 heterocycles. The fourth-order valence-corrected chi connectivity index (χ4v) is 3.16. The number of rotatable bonds is 6. The second-order valence-electron chi connectivity index (χ2n) is 5.64. The maximum Gasteiger partial charge on any atom is 0.237 e. The Kier molecular flexibility index (Phi) is 5.52. The van der Waals surface area contributed by atoms with E-state index in [1.807, 2.05) is 56.3 Å². The van der Waals surface area contributed by atoms with E-state index in [9.17, 15) is 4.79 Å². The minimum absolute atomic E-state index is 0.136. The first kappa shape index (κ1) is 17.9. The van der Waals surface area contributed by atoms with Crippen molar-refractivity contribution in [2.24, 2.45) is 0 Å². The van der Waals surface area contributed by atoms with Gasteiger partial charge in [0.2, 0.25) is 11.1 Å². The lowest BCUT2D eigenvalue weighted by molar-refractivity contribution is -0.115. The molecule has 134 valence electrons. The van der Waals surface area contributed by atoms with Gasteiger partial charge in [-0.1, -0.05) is 36.0 Å². The fraction of sp³-hybridized carbons (Fsp3) is 0.222. The topological polar surface area (TPSA) is 81.9 Å². The highest BCUT2D eigenvalue weighted by Crippen LogP contribution is 2.25. The van der Waals surface area contributed by atoms with Gasteiger partial charge in [0.1, 0.15) is 5.75 Å². The van der Waals surface area contributed by atoms with Gasteiger partial charge in [0.25, 0.3) is 0 Å². The largest absolute Gasteiger partial charge is 0.497 e. The number of methoxy groups -OCH3 is 1. The summed E-state index contributed by atoms with van der Waals surface area (Å²) < 4.78 is 6.82. The molecule has 1 atom stereocenters. The van der Waals surface area contributed by atoms with Crippen molar-refractivity contribution in [3.8, 4) is 11.4 Å². The van der Waals surface area contributed by atoms with Crippen molar-refractivity contribution in [2.75, 3.05) is 12.4 Å². The summed E-state index contributed by atoms with van der Waals surface area (Å²) in [6, 6.07) is 15.1. The van der Waals surface area contributed by atoms with Crippen LogP contribution >= 0.6 is 11.8 Å². The summed E-state index contributed by atoms with van der Waals surface area (Å²) in [5, 5.41) is 14.9. The Balaban J connectivity index is 1.72. The van der Waals surface area contributed by atoms with E-state index in [4.69, 9.17) is 4.74 Å². The zero-order valence-corrected chi connectivity index (χ0v) is 15.5. The highest BCUT2D eigenvalue weighted by Gasteiger charge is 2.20. The second kappa shape index (κ2) is 8.01. The first-order valence-corrected chi connectivity index (χ1v) is 8.92. The number of ether oxygens (including phenoxy) is 1. The molecule has 0 saturated heterocycles. The average Bonchev–Trinajstić information content (AvgIpc) is 3.10. The smallest absolute Gasteiger partial charge is 0.237 e. The predicted molar refractivity (Wildman–Crippen MR) is 101 cm³/mol. The molecule has 0 saturated carbocycles. The molecule has 0 radical (unpaired) electrons. The molecule has 7 nitrogen and oxygen atoms in total. The number of amides is 1. The Morgan fingerprint density at radius 1 is 1.23 bits per heavy atom. The maximum atomic E-state index is 12.5. The molecule has 8 heteroatoms. The molecule has 0 bridgehead atoms. The molecule has 3 aromatic rings. The summed E-state index contributed by atoms with van der Waals surface area (Å²) >= 11 is 1.30. The van der Waals surface area contributed by atoms with Crippen molar-refractivity contribution in [1.29, 1.82) is 0 Å². The van der Waals surface area contributed by atoms with Crippen molar-refractivity contribution < 1.29 is 9.53 Å². The molecule has 2 aromatic carbocycles. The molecule has 1 N–H and O–H groups in total. The number of tetrazole rings is 1. The summed E-state index contributed by atoms with van der Waals surface area (Å²) in [5.41, 5.74) is 2.62. The van der Waals surface area contributed by atoms with E-state index in [1.54, 1.807) is 17.9 Å². The van der Waals surface area contributed by atoms with Crippen molar-refractivity contribution in [1.82, 2.24) is 20.2 Å². The predicted octanol–water partition coefficient (Wildman–Crippen LogP) is 3.10. The van der Waals surface area contributed by atoms with Crippen LogP contribution in [0.15, 0.2) is 53.7 Å². The van der Waals surface area contributed by atoms with Gasteiger partial charge in [0.15, 0.2) is 0 Å². The third-order valence-electron chi connectivity index (χ3n) is 3.77. The van der Waals surface area contributed by atoms with Crippen LogP contribution in [-0.4, -0.2) is 38.5 Å². The van der Waals surface area contributed by atoms with E-state index >= 15 is 0 Å². The second-order valence-corrected chi connectivity index (χ2v) is 6.95. The molecule has 1 amide bonds. The van der Waals surface area contributed by atoms with Crippen LogP contribution in [0.25, 0.3) is 5.69 Å².